The first-order valence-electron chi connectivity index (χ1n) is 6.00. The Labute approximate surface area is 110 Å². The zero-order valence-electron chi connectivity index (χ0n) is 10.7. The van der Waals surface area contributed by atoms with Gasteiger partial charge in [0, 0.05) is 13.1 Å². The molecule has 0 saturated carbocycles. The highest BCUT2D eigenvalue weighted by Crippen LogP contribution is 2.11. The number of hydrogen-bond donors (Lipinski definition) is 2. The summed E-state index contributed by atoms with van der Waals surface area (Å²) < 4.78 is 5.12. The summed E-state index contributed by atoms with van der Waals surface area (Å²) in [6, 6.07) is 1.41. The lowest BCUT2D eigenvalue weighted by atomic mass is 10.2. The average molecular weight is 264 g/mol. The number of anilines is 1. The summed E-state index contributed by atoms with van der Waals surface area (Å²) in [5.41, 5.74) is 6.91. The van der Waals surface area contributed by atoms with Crippen molar-refractivity contribution in [3.63, 3.8) is 0 Å². The van der Waals surface area contributed by atoms with Crippen molar-refractivity contribution >= 4 is 17.7 Å². The number of pyridine rings is 1. The number of nitrogens with two attached hydrogens (primary N) is 1. The van der Waals surface area contributed by atoms with Gasteiger partial charge in [-0.05, 0) is 13.0 Å². The molecule has 7 nitrogen and oxygen atoms in total. The molecule has 1 aromatic heterocycles. The Morgan fingerprint density at radius 1 is 1.63 bits per heavy atom. The molecule has 3 N–H and O–H groups in total. The molecule has 1 aromatic rings. The zero-order valence-corrected chi connectivity index (χ0v) is 10.7. The van der Waals surface area contributed by atoms with Gasteiger partial charge in [0.15, 0.2) is 0 Å². The highest BCUT2D eigenvalue weighted by atomic mass is 16.5. The van der Waals surface area contributed by atoms with E-state index in [-0.39, 0.29) is 12.6 Å². The van der Waals surface area contributed by atoms with E-state index in [4.69, 9.17) is 10.5 Å². The molecule has 2 amide bonds. The van der Waals surface area contributed by atoms with Gasteiger partial charge in [-0.1, -0.05) is 0 Å². The number of carbonyl (C=O) groups excluding carboxylic acids is 2. The third kappa shape index (κ3) is 3.12. The van der Waals surface area contributed by atoms with Crippen molar-refractivity contribution in [2.45, 2.75) is 6.92 Å². The second-order valence-corrected chi connectivity index (χ2v) is 4.26. The van der Waals surface area contributed by atoms with Crippen LogP contribution < -0.4 is 11.1 Å². The fourth-order valence-electron chi connectivity index (χ4n) is 1.81. The number of hydrogen-bond acceptors (Lipinski definition) is 5. The lowest BCUT2D eigenvalue weighted by Crippen LogP contribution is -2.31. The van der Waals surface area contributed by atoms with Crippen molar-refractivity contribution in [2.24, 2.45) is 0 Å². The van der Waals surface area contributed by atoms with Gasteiger partial charge < -0.3 is 20.7 Å². The van der Waals surface area contributed by atoms with Crippen LogP contribution in [-0.2, 0) is 4.74 Å². The first-order valence-corrected chi connectivity index (χ1v) is 6.00. The Morgan fingerprint density at radius 3 is 3.11 bits per heavy atom. The van der Waals surface area contributed by atoms with Gasteiger partial charge in [-0.3, -0.25) is 4.98 Å². The van der Waals surface area contributed by atoms with Gasteiger partial charge in [-0.2, -0.15) is 0 Å². The number of nitrogens with one attached hydrogen (secondary N) is 1. The monoisotopic (exact) mass is 264 g/mol. The number of ether oxygens (including phenoxy) is 1. The van der Waals surface area contributed by atoms with Gasteiger partial charge in [-0.25, -0.2) is 9.59 Å². The number of carbonyl (C=O) groups is 2. The molecule has 1 fully saturated rings. The zero-order chi connectivity index (χ0) is 13.8. The smallest absolute Gasteiger partial charge is 0.340 e. The summed E-state index contributed by atoms with van der Waals surface area (Å²) in [6.07, 6.45) is 1.49. The number of aromatic nitrogens is 1. The fraction of sp³-hybridized carbons (Fsp3) is 0.417. The molecule has 0 spiro atoms. The summed E-state index contributed by atoms with van der Waals surface area (Å²) in [4.78, 5) is 28.7. The summed E-state index contributed by atoms with van der Waals surface area (Å²) >= 11 is 0. The van der Waals surface area contributed by atoms with Crippen LogP contribution in [0.15, 0.2) is 12.3 Å². The van der Waals surface area contributed by atoms with E-state index < -0.39 is 5.97 Å². The van der Waals surface area contributed by atoms with Crippen LogP contribution in [0.25, 0.3) is 0 Å². The molecule has 1 aliphatic heterocycles. The topological polar surface area (TPSA) is 97.5 Å². The van der Waals surface area contributed by atoms with E-state index in [1.165, 1.54) is 12.3 Å². The van der Waals surface area contributed by atoms with E-state index in [9.17, 15) is 9.59 Å². The molecule has 2 heterocycles. The molecule has 0 aliphatic carbocycles. The summed E-state index contributed by atoms with van der Waals surface area (Å²) in [5, 5.41) is 2.68. The molecule has 0 bridgehead atoms. The number of nitrogens with zero attached hydrogens (tertiary/aromatic N) is 2. The van der Waals surface area contributed by atoms with Gasteiger partial charge in [0.1, 0.15) is 6.61 Å². The minimum atomic E-state index is -0.475. The van der Waals surface area contributed by atoms with E-state index in [1.54, 1.807) is 11.8 Å². The van der Waals surface area contributed by atoms with Crippen molar-refractivity contribution in [1.82, 2.24) is 15.2 Å². The van der Waals surface area contributed by atoms with Gasteiger partial charge >= 0.3 is 12.0 Å². The van der Waals surface area contributed by atoms with Crippen molar-refractivity contribution in [3.8, 4) is 0 Å². The average Bonchev–Trinajstić information content (AvgIpc) is 2.78. The number of urea groups is 1. The van der Waals surface area contributed by atoms with E-state index in [2.05, 4.69) is 10.3 Å². The second-order valence-electron chi connectivity index (χ2n) is 4.26. The van der Waals surface area contributed by atoms with Crippen molar-refractivity contribution in [1.29, 1.82) is 0 Å². The van der Waals surface area contributed by atoms with E-state index >= 15 is 0 Å². The Kier molecular flexibility index (Phi) is 3.84. The van der Waals surface area contributed by atoms with E-state index in [0.29, 0.717) is 36.6 Å². The molecule has 7 heteroatoms. The highest BCUT2D eigenvalue weighted by Gasteiger charge is 2.19. The number of nitrogen functional groups attached to an aromatic ring is 1. The van der Waals surface area contributed by atoms with Gasteiger partial charge in [-0.15, -0.1) is 0 Å². The summed E-state index contributed by atoms with van der Waals surface area (Å²) in [6.45, 7) is 3.51. The SMILES string of the molecule is Cc1ncc(N)cc1C(=O)OCCN1CCNC1=O. The largest absolute Gasteiger partial charge is 0.460 e. The maximum atomic E-state index is 11.8. The van der Waals surface area contributed by atoms with Crippen LogP contribution in [0.5, 0.6) is 0 Å². The van der Waals surface area contributed by atoms with Crippen molar-refractivity contribution in [3.05, 3.63) is 23.5 Å². The number of aryl methyl sites for hydroxylation is 1. The Balaban J connectivity index is 1.87. The van der Waals surface area contributed by atoms with Crippen LogP contribution in [0.4, 0.5) is 10.5 Å². The molecule has 19 heavy (non-hydrogen) atoms. The maximum absolute atomic E-state index is 11.8. The van der Waals surface area contributed by atoms with Crippen molar-refractivity contribution < 1.29 is 14.3 Å². The van der Waals surface area contributed by atoms with Crippen molar-refractivity contribution in [2.75, 3.05) is 32.0 Å². The molecule has 0 radical (unpaired) electrons. The Bertz CT molecular complexity index is 504. The normalized spacial score (nSPS) is 14.4. The van der Waals surface area contributed by atoms with Crippen LogP contribution in [0.2, 0.25) is 0 Å². The van der Waals surface area contributed by atoms with Crippen LogP contribution in [0.3, 0.4) is 0 Å². The molecule has 0 atom stereocenters. The van der Waals surface area contributed by atoms with Crippen LogP contribution >= 0.6 is 0 Å². The minimum Gasteiger partial charge on any atom is -0.460 e. The first-order chi connectivity index (χ1) is 9.08. The molecule has 1 aliphatic rings. The number of amides is 2. The van der Waals surface area contributed by atoms with Crippen LogP contribution in [0, 0.1) is 6.92 Å². The molecular formula is C12H16N4O3. The quantitative estimate of drug-likeness (QED) is 0.755. The highest BCUT2D eigenvalue weighted by molar-refractivity contribution is 5.91. The Hall–Kier alpha value is -2.31. The Morgan fingerprint density at radius 2 is 2.42 bits per heavy atom. The third-order valence-electron chi connectivity index (χ3n) is 2.87. The first kappa shape index (κ1) is 13.1. The number of esters is 1. The standard InChI is InChI=1S/C12H16N4O3/c1-8-10(6-9(13)7-15-8)11(17)19-5-4-16-3-2-14-12(16)18/h6-7H,2-5,13H2,1H3,(H,14,18). The van der Waals surface area contributed by atoms with Gasteiger partial charge in [0.05, 0.1) is 29.7 Å². The van der Waals surface area contributed by atoms with E-state index in [1.807, 2.05) is 0 Å². The molecule has 2 rings (SSSR count). The summed E-state index contributed by atoms with van der Waals surface area (Å²) in [7, 11) is 0. The van der Waals surface area contributed by atoms with E-state index in [0.717, 1.165) is 0 Å². The minimum absolute atomic E-state index is 0.127. The molecule has 0 aromatic carbocycles. The van der Waals surface area contributed by atoms with Crippen LogP contribution in [0.1, 0.15) is 16.1 Å². The third-order valence-corrected chi connectivity index (χ3v) is 2.87. The lowest BCUT2D eigenvalue weighted by Gasteiger charge is -2.14. The molecule has 1 saturated heterocycles. The van der Waals surface area contributed by atoms with Gasteiger partial charge in [0.2, 0.25) is 0 Å². The summed E-state index contributed by atoms with van der Waals surface area (Å²) in [5.74, 6) is -0.475. The lowest BCUT2D eigenvalue weighted by molar-refractivity contribution is 0.0480. The second kappa shape index (κ2) is 5.55. The molecule has 102 valence electrons. The van der Waals surface area contributed by atoms with Gasteiger partial charge in [0.25, 0.3) is 0 Å². The number of rotatable bonds is 4. The van der Waals surface area contributed by atoms with Crippen LogP contribution in [-0.4, -0.2) is 48.1 Å². The fourth-order valence-corrected chi connectivity index (χ4v) is 1.81. The molecular weight excluding hydrogens is 248 g/mol. The maximum Gasteiger partial charge on any atom is 0.340 e. The predicted octanol–water partition coefficient (Wildman–Crippen LogP) is 0.154. The molecule has 0 unspecified atom stereocenters. The predicted molar refractivity (Wildman–Crippen MR) is 68.6 cm³/mol.